The summed E-state index contributed by atoms with van der Waals surface area (Å²) in [6, 6.07) is 17.5. The van der Waals surface area contributed by atoms with Crippen molar-refractivity contribution in [2.24, 2.45) is 0 Å². The number of amides is 2. The molecule has 158 valence electrons. The maximum atomic E-state index is 13.1. The highest BCUT2D eigenvalue weighted by atomic mass is 16.2. The first-order chi connectivity index (χ1) is 15.1. The van der Waals surface area contributed by atoms with Crippen molar-refractivity contribution in [3.8, 4) is 5.69 Å². The van der Waals surface area contributed by atoms with E-state index in [4.69, 9.17) is 5.10 Å². The van der Waals surface area contributed by atoms with E-state index in [1.54, 1.807) is 17.9 Å². The van der Waals surface area contributed by atoms with Gasteiger partial charge in [0.1, 0.15) is 5.82 Å². The molecule has 1 aliphatic carbocycles. The molecule has 5 rings (SSSR count). The molecule has 0 radical (unpaired) electrons. The summed E-state index contributed by atoms with van der Waals surface area (Å²) < 4.78 is 1.83. The molecular weight excluding hydrogens is 388 g/mol. The van der Waals surface area contributed by atoms with E-state index in [1.807, 2.05) is 53.2 Å². The lowest BCUT2D eigenvalue weighted by Crippen LogP contribution is -2.25. The molecule has 0 saturated heterocycles. The van der Waals surface area contributed by atoms with Crippen molar-refractivity contribution in [2.45, 2.75) is 44.9 Å². The maximum absolute atomic E-state index is 13.1. The monoisotopic (exact) mass is 414 g/mol. The van der Waals surface area contributed by atoms with Gasteiger partial charge in [-0.15, -0.1) is 0 Å². The summed E-state index contributed by atoms with van der Waals surface area (Å²) in [5.41, 5.74) is 4.50. The van der Waals surface area contributed by atoms with Gasteiger partial charge in [0.05, 0.1) is 11.4 Å². The number of fused-ring (bicyclic) bond motifs is 1. The Labute approximate surface area is 181 Å². The van der Waals surface area contributed by atoms with Crippen LogP contribution in [0.5, 0.6) is 0 Å². The molecule has 1 N–H and O–H groups in total. The van der Waals surface area contributed by atoms with Crippen LogP contribution < -0.4 is 10.2 Å². The topological polar surface area (TPSA) is 67.2 Å². The maximum Gasteiger partial charge on any atom is 0.256 e. The number of nitrogens with one attached hydrogen (secondary N) is 1. The lowest BCUT2D eigenvalue weighted by Gasteiger charge is -2.15. The Bertz CT molecular complexity index is 1130. The van der Waals surface area contributed by atoms with E-state index in [0.717, 1.165) is 41.9 Å². The fraction of sp³-hybridized carbons (Fsp3) is 0.320. The molecule has 2 aromatic carbocycles. The van der Waals surface area contributed by atoms with E-state index in [1.165, 1.54) is 12.8 Å². The molecule has 6 heteroatoms. The average molecular weight is 415 g/mol. The molecule has 2 aliphatic rings. The van der Waals surface area contributed by atoms with Gasteiger partial charge in [-0.25, -0.2) is 4.68 Å². The Hall–Kier alpha value is -3.41. The molecule has 0 bridgehead atoms. The minimum absolute atomic E-state index is 0.0298. The van der Waals surface area contributed by atoms with Crippen molar-refractivity contribution >= 4 is 23.3 Å². The standard InChI is InChI=1S/C25H26N4O2/c1-17(30)28-14-13-19-15-20(11-12-23(19)28)25(31)26-24-16-22(18-7-5-6-8-18)27-29(24)21-9-3-2-4-10-21/h2-4,9-12,15-16,18H,5-8,13-14H2,1H3,(H,26,31). The number of carbonyl (C=O) groups excluding carboxylic acids is 2. The summed E-state index contributed by atoms with van der Waals surface area (Å²) in [5, 5.41) is 7.93. The molecule has 3 aromatic rings. The number of para-hydroxylation sites is 1. The summed E-state index contributed by atoms with van der Waals surface area (Å²) >= 11 is 0. The van der Waals surface area contributed by atoms with Gasteiger partial charge in [0.25, 0.3) is 5.91 Å². The normalized spacial score (nSPS) is 15.8. The van der Waals surface area contributed by atoms with E-state index < -0.39 is 0 Å². The smallest absolute Gasteiger partial charge is 0.256 e. The summed E-state index contributed by atoms with van der Waals surface area (Å²) in [5.74, 6) is 1.00. The lowest BCUT2D eigenvalue weighted by atomic mass is 10.0. The van der Waals surface area contributed by atoms with E-state index in [9.17, 15) is 9.59 Å². The van der Waals surface area contributed by atoms with E-state index in [2.05, 4.69) is 5.32 Å². The van der Waals surface area contributed by atoms with Crippen LogP contribution in [0.25, 0.3) is 5.69 Å². The van der Waals surface area contributed by atoms with E-state index >= 15 is 0 Å². The van der Waals surface area contributed by atoms with E-state index in [-0.39, 0.29) is 11.8 Å². The van der Waals surface area contributed by atoms with Gasteiger partial charge in [0.15, 0.2) is 0 Å². The molecule has 0 unspecified atom stereocenters. The number of benzene rings is 2. The van der Waals surface area contributed by atoms with Gasteiger partial charge >= 0.3 is 0 Å². The number of anilines is 2. The Morgan fingerprint density at radius 2 is 1.81 bits per heavy atom. The Balaban J connectivity index is 1.44. The summed E-state index contributed by atoms with van der Waals surface area (Å²) in [6.07, 6.45) is 5.53. The van der Waals surface area contributed by atoms with Crippen LogP contribution in [0.3, 0.4) is 0 Å². The fourth-order valence-electron chi connectivity index (χ4n) is 4.73. The van der Waals surface area contributed by atoms with Crippen molar-refractivity contribution in [1.29, 1.82) is 0 Å². The van der Waals surface area contributed by atoms with Crippen LogP contribution >= 0.6 is 0 Å². The first kappa shape index (κ1) is 19.5. The summed E-state index contributed by atoms with van der Waals surface area (Å²) in [6.45, 7) is 2.24. The summed E-state index contributed by atoms with van der Waals surface area (Å²) in [4.78, 5) is 26.7. The highest BCUT2D eigenvalue weighted by molar-refractivity contribution is 6.05. The number of aromatic nitrogens is 2. The van der Waals surface area contributed by atoms with E-state index in [0.29, 0.717) is 23.8 Å². The van der Waals surface area contributed by atoms with Gasteiger partial charge in [0.2, 0.25) is 5.91 Å². The molecule has 0 atom stereocenters. The molecule has 0 spiro atoms. The lowest BCUT2D eigenvalue weighted by molar-refractivity contribution is -0.116. The van der Waals surface area contributed by atoms with Crippen LogP contribution in [-0.4, -0.2) is 28.1 Å². The van der Waals surface area contributed by atoms with Crippen molar-refractivity contribution in [2.75, 3.05) is 16.8 Å². The van der Waals surface area contributed by atoms with Crippen LogP contribution in [0.1, 0.15) is 60.1 Å². The quantitative estimate of drug-likeness (QED) is 0.673. The van der Waals surface area contributed by atoms with Gasteiger partial charge in [-0.2, -0.15) is 5.10 Å². The third-order valence-corrected chi connectivity index (χ3v) is 6.36. The van der Waals surface area contributed by atoms with Gasteiger partial charge in [-0.05, 0) is 55.2 Å². The van der Waals surface area contributed by atoms with Crippen molar-refractivity contribution < 1.29 is 9.59 Å². The van der Waals surface area contributed by atoms with Crippen molar-refractivity contribution in [3.63, 3.8) is 0 Å². The fourth-order valence-corrected chi connectivity index (χ4v) is 4.73. The first-order valence-electron chi connectivity index (χ1n) is 11.0. The molecular formula is C25H26N4O2. The van der Waals surface area contributed by atoms with Gasteiger partial charge in [-0.3, -0.25) is 9.59 Å². The molecule has 2 heterocycles. The SMILES string of the molecule is CC(=O)N1CCc2cc(C(=O)Nc3cc(C4CCCC4)nn3-c3ccccc3)ccc21. The van der Waals surface area contributed by atoms with Crippen LogP contribution in [0.2, 0.25) is 0 Å². The Morgan fingerprint density at radius 1 is 1.03 bits per heavy atom. The minimum Gasteiger partial charge on any atom is -0.312 e. The number of carbonyl (C=O) groups is 2. The summed E-state index contributed by atoms with van der Waals surface area (Å²) in [7, 11) is 0. The molecule has 1 aliphatic heterocycles. The number of hydrogen-bond acceptors (Lipinski definition) is 3. The predicted molar refractivity (Wildman–Crippen MR) is 121 cm³/mol. The highest BCUT2D eigenvalue weighted by Crippen LogP contribution is 2.35. The van der Waals surface area contributed by atoms with Crippen molar-refractivity contribution in [3.05, 3.63) is 71.4 Å². The highest BCUT2D eigenvalue weighted by Gasteiger charge is 2.25. The zero-order valence-corrected chi connectivity index (χ0v) is 17.7. The molecule has 1 saturated carbocycles. The molecule has 6 nitrogen and oxygen atoms in total. The molecule has 2 amide bonds. The van der Waals surface area contributed by atoms with Crippen molar-refractivity contribution in [1.82, 2.24) is 9.78 Å². The van der Waals surface area contributed by atoms with Gasteiger partial charge < -0.3 is 10.2 Å². The molecule has 1 fully saturated rings. The predicted octanol–water partition coefficient (Wildman–Crippen LogP) is 4.69. The van der Waals surface area contributed by atoms with Crippen LogP contribution in [0, 0.1) is 0 Å². The zero-order chi connectivity index (χ0) is 21.4. The molecule has 1 aromatic heterocycles. The molecule has 31 heavy (non-hydrogen) atoms. The third kappa shape index (κ3) is 3.74. The number of rotatable bonds is 4. The number of nitrogens with zero attached hydrogens (tertiary/aromatic N) is 3. The van der Waals surface area contributed by atoms with Crippen LogP contribution in [-0.2, 0) is 11.2 Å². The second kappa shape index (κ2) is 8.02. The Kier molecular flexibility index (Phi) is 5.06. The van der Waals surface area contributed by atoms with Crippen LogP contribution in [0.15, 0.2) is 54.6 Å². The second-order valence-corrected chi connectivity index (χ2v) is 8.40. The van der Waals surface area contributed by atoms with Gasteiger partial charge in [-0.1, -0.05) is 31.0 Å². The second-order valence-electron chi connectivity index (χ2n) is 8.40. The average Bonchev–Trinajstić information content (AvgIpc) is 3.53. The minimum atomic E-state index is -0.167. The Morgan fingerprint density at radius 3 is 2.55 bits per heavy atom. The largest absolute Gasteiger partial charge is 0.312 e. The first-order valence-corrected chi connectivity index (χ1v) is 11.0. The zero-order valence-electron chi connectivity index (χ0n) is 17.7. The van der Waals surface area contributed by atoms with Crippen LogP contribution in [0.4, 0.5) is 11.5 Å². The third-order valence-electron chi connectivity index (χ3n) is 6.36. The van der Waals surface area contributed by atoms with Gasteiger partial charge in [0, 0.05) is 36.7 Å². The number of hydrogen-bond donors (Lipinski definition) is 1.